The standard InChI is InChI=1S/C21H22N4O3S2/c26-18(14-5-2-1-3-6-14)13-29-21-23-25-19(27)16-12-24(11-15-7-4-10-28-15)9-8-17(16)22-20(25)30-21/h1-3,5-6,15H,4,7-13H2/t15-/m0/s1. The van der Waals surface area contributed by atoms with E-state index in [4.69, 9.17) is 9.72 Å². The predicted octanol–water partition coefficient (Wildman–Crippen LogP) is 2.66. The van der Waals surface area contributed by atoms with Gasteiger partial charge in [-0.15, -0.1) is 5.10 Å². The molecule has 0 unspecified atom stereocenters. The molecule has 0 spiro atoms. The molecule has 1 saturated heterocycles. The van der Waals surface area contributed by atoms with Crippen LogP contribution in [-0.4, -0.2) is 56.8 Å². The van der Waals surface area contributed by atoms with Gasteiger partial charge >= 0.3 is 0 Å². The molecule has 5 rings (SSSR count). The Bertz CT molecular complexity index is 1120. The number of rotatable bonds is 6. The van der Waals surface area contributed by atoms with E-state index in [0.29, 0.717) is 21.4 Å². The summed E-state index contributed by atoms with van der Waals surface area (Å²) in [6, 6.07) is 9.21. The highest BCUT2D eigenvalue weighted by Crippen LogP contribution is 2.26. The van der Waals surface area contributed by atoms with Crippen LogP contribution < -0.4 is 5.56 Å². The van der Waals surface area contributed by atoms with Gasteiger partial charge in [0.15, 0.2) is 10.1 Å². The third-order valence-corrected chi connectivity index (χ3v) is 7.57. The molecule has 0 amide bonds. The maximum atomic E-state index is 13.1. The van der Waals surface area contributed by atoms with E-state index in [2.05, 4.69) is 10.00 Å². The van der Waals surface area contributed by atoms with Crippen LogP contribution in [0, 0.1) is 0 Å². The highest BCUT2D eigenvalue weighted by atomic mass is 32.2. The molecule has 2 aliphatic rings. The molecule has 0 aliphatic carbocycles. The maximum Gasteiger partial charge on any atom is 0.279 e. The summed E-state index contributed by atoms with van der Waals surface area (Å²) in [6.07, 6.45) is 3.25. The van der Waals surface area contributed by atoms with Crippen molar-refractivity contribution in [1.29, 1.82) is 0 Å². The lowest BCUT2D eigenvalue weighted by Crippen LogP contribution is -2.40. The molecule has 2 aromatic heterocycles. The van der Waals surface area contributed by atoms with Crippen LogP contribution in [0.2, 0.25) is 0 Å². The van der Waals surface area contributed by atoms with Gasteiger partial charge in [0.1, 0.15) is 0 Å². The van der Waals surface area contributed by atoms with E-state index in [1.807, 2.05) is 30.3 Å². The minimum absolute atomic E-state index is 0.0456. The molecule has 4 heterocycles. The molecule has 2 aliphatic heterocycles. The van der Waals surface area contributed by atoms with E-state index in [0.717, 1.165) is 50.2 Å². The van der Waals surface area contributed by atoms with E-state index >= 15 is 0 Å². The first-order valence-electron chi connectivity index (χ1n) is 10.1. The number of ketones is 1. The Morgan fingerprint density at radius 1 is 1.30 bits per heavy atom. The second kappa shape index (κ2) is 8.58. The van der Waals surface area contributed by atoms with Crippen molar-refractivity contribution in [3.63, 3.8) is 0 Å². The number of aromatic nitrogens is 3. The summed E-state index contributed by atoms with van der Waals surface area (Å²) in [5.74, 6) is 0.331. The van der Waals surface area contributed by atoms with E-state index in [1.165, 1.54) is 27.6 Å². The quantitative estimate of drug-likeness (QED) is 0.429. The van der Waals surface area contributed by atoms with Crippen molar-refractivity contribution in [2.24, 2.45) is 0 Å². The highest BCUT2D eigenvalue weighted by molar-refractivity contribution is 8.01. The molecule has 156 valence electrons. The molecule has 9 heteroatoms. The van der Waals surface area contributed by atoms with Crippen molar-refractivity contribution in [3.8, 4) is 0 Å². The second-order valence-corrected chi connectivity index (χ2v) is 9.78. The van der Waals surface area contributed by atoms with E-state index in [9.17, 15) is 9.59 Å². The van der Waals surface area contributed by atoms with E-state index in [1.54, 1.807) is 0 Å². The van der Waals surface area contributed by atoms with Crippen molar-refractivity contribution in [1.82, 2.24) is 19.5 Å². The summed E-state index contributed by atoms with van der Waals surface area (Å²) in [4.78, 5) is 33.0. The van der Waals surface area contributed by atoms with Gasteiger partial charge in [0.25, 0.3) is 5.56 Å². The minimum atomic E-state index is -0.0930. The third kappa shape index (κ3) is 4.07. The number of hydrogen-bond donors (Lipinski definition) is 0. The monoisotopic (exact) mass is 442 g/mol. The molecule has 0 saturated carbocycles. The number of carbonyl (C=O) groups is 1. The Morgan fingerprint density at radius 3 is 2.97 bits per heavy atom. The first-order chi connectivity index (χ1) is 14.7. The summed E-state index contributed by atoms with van der Waals surface area (Å²) in [5, 5.41) is 4.44. The van der Waals surface area contributed by atoms with Crippen LogP contribution in [0.15, 0.2) is 39.5 Å². The molecule has 1 fully saturated rings. The van der Waals surface area contributed by atoms with Gasteiger partial charge in [-0.25, -0.2) is 4.98 Å². The SMILES string of the molecule is O=C(CSc1nn2c(=O)c3c(nc2s1)CCN(C[C@@H]1CCCO1)C3)c1ccccc1. The van der Waals surface area contributed by atoms with Crippen LogP contribution in [-0.2, 0) is 17.7 Å². The number of hydrogen-bond acceptors (Lipinski definition) is 8. The van der Waals surface area contributed by atoms with Crippen molar-refractivity contribution >= 4 is 33.8 Å². The molecular formula is C21H22N4O3S2. The average molecular weight is 443 g/mol. The topological polar surface area (TPSA) is 76.8 Å². The Hall–Kier alpha value is -2.07. The lowest BCUT2D eigenvalue weighted by molar-refractivity contribution is 0.0683. The summed E-state index contributed by atoms with van der Waals surface area (Å²) in [7, 11) is 0. The fourth-order valence-corrected chi connectivity index (χ4v) is 5.80. The normalized spacial score (nSPS) is 19.3. The largest absolute Gasteiger partial charge is 0.377 e. The van der Waals surface area contributed by atoms with Crippen LogP contribution in [0.1, 0.15) is 34.5 Å². The predicted molar refractivity (Wildman–Crippen MR) is 117 cm³/mol. The van der Waals surface area contributed by atoms with Crippen LogP contribution in [0.5, 0.6) is 0 Å². The Balaban J connectivity index is 1.32. The number of Topliss-reactive ketones (excluding diaryl/α,β-unsaturated/α-hetero) is 1. The number of benzene rings is 1. The summed E-state index contributed by atoms with van der Waals surface area (Å²) in [6.45, 7) is 3.19. The Morgan fingerprint density at radius 2 is 2.17 bits per heavy atom. The summed E-state index contributed by atoms with van der Waals surface area (Å²) in [5.41, 5.74) is 2.20. The summed E-state index contributed by atoms with van der Waals surface area (Å²) < 4.78 is 7.82. The molecule has 0 N–H and O–H groups in total. The zero-order valence-electron chi connectivity index (χ0n) is 16.5. The van der Waals surface area contributed by atoms with Crippen LogP contribution >= 0.6 is 23.1 Å². The molecular weight excluding hydrogens is 420 g/mol. The number of fused-ring (bicyclic) bond motifs is 2. The minimum Gasteiger partial charge on any atom is -0.377 e. The second-order valence-electron chi connectivity index (χ2n) is 7.60. The van der Waals surface area contributed by atoms with Crippen molar-refractivity contribution in [2.75, 3.05) is 25.4 Å². The lowest BCUT2D eigenvalue weighted by Gasteiger charge is -2.29. The van der Waals surface area contributed by atoms with E-state index < -0.39 is 0 Å². The third-order valence-electron chi connectivity index (χ3n) is 5.53. The van der Waals surface area contributed by atoms with Crippen LogP contribution in [0.4, 0.5) is 0 Å². The van der Waals surface area contributed by atoms with Crippen molar-refractivity contribution in [3.05, 3.63) is 57.5 Å². The first kappa shape index (κ1) is 19.9. The highest BCUT2D eigenvalue weighted by Gasteiger charge is 2.26. The molecule has 1 atom stereocenters. The number of thioether (sulfide) groups is 1. The molecule has 7 nitrogen and oxygen atoms in total. The fourth-order valence-electron chi connectivity index (χ4n) is 3.96. The summed E-state index contributed by atoms with van der Waals surface area (Å²) >= 11 is 2.72. The van der Waals surface area contributed by atoms with Gasteiger partial charge in [0, 0.05) is 38.2 Å². The number of ether oxygens (including phenoxy) is 1. The zero-order valence-corrected chi connectivity index (χ0v) is 18.1. The smallest absolute Gasteiger partial charge is 0.279 e. The lowest BCUT2D eigenvalue weighted by atomic mass is 10.1. The van der Waals surface area contributed by atoms with Crippen LogP contribution in [0.3, 0.4) is 0 Å². The fraction of sp³-hybridized carbons (Fsp3) is 0.429. The van der Waals surface area contributed by atoms with Gasteiger partial charge in [-0.2, -0.15) is 4.52 Å². The first-order valence-corrected chi connectivity index (χ1v) is 11.9. The molecule has 1 aromatic carbocycles. The van der Waals surface area contributed by atoms with Gasteiger partial charge in [-0.3, -0.25) is 14.5 Å². The van der Waals surface area contributed by atoms with Gasteiger partial charge in [-0.05, 0) is 12.8 Å². The molecule has 0 bridgehead atoms. The van der Waals surface area contributed by atoms with Gasteiger partial charge < -0.3 is 4.74 Å². The Kier molecular flexibility index (Phi) is 5.68. The molecule has 30 heavy (non-hydrogen) atoms. The van der Waals surface area contributed by atoms with Crippen molar-refractivity contribution < 1.29 is 9.53 Å². The number of nitrogens with zero attached hydrogens (tertiary/aromatic N) is 4. The maximum absolute atomic E-state index is 13.1. The average Bonchev–Trinajstić information content (AvgIpc) is 3.43. The van der Waals surface area contributed by atoms with Crippen molar-refractivity contribution in [2.45, 2.75) is 36.3 Å². The molecule has 0 radical (unpaired) electrons. The Labute approximate surface area is 182 Å². The zero-order chi connectivity index (χ0) is 20.5. The van der Waals surface area contributed by atoms with E-state index in [-0.39, 0.29) is 23.2 Å². The van der Waals surface area contributed by atoms with Gasteiger partial charge in [0.2, 0.25) is 4.96 Å². The molecule has 3 aromatic rings. The van der Waals surface area contributed by atoms with Crippen LogP contribution in [0.25, 0.3) is 4.96 Å². The number of carbonyl (C=O) groups excluding carboxylic acids is 1. The van der Waals surface area contributed by atoms with Gasteiger partial charge in [-0.1, -0.05) is 53.4 Å². The van der Waals surface area contributed by atoms with Gasteiger partial charge in [0.05, 0.1) is 23.1 Å².